The third-order valence-corrected chi connectivity index (χ3v) is 4.83. The number of hydrogen-bond acceptors (Lipinski definition) is 3. The lowest BCUT2D eigenvalue weighted by atomic mass is 9.32. The number of carbonyl (C=O) groups excluding carboxylic acids is 1. The van der Waals surface area contributed by atoms with Crippen molar-refractivity contribution in [3.63, 3.8) is 0 Å². The minimum absolute atomic E-state index is 0.0810. The van der Waals surface area contributed by atoms with Crippen LogP contribution in [0.5, 0.6) is 0 Å². The zero-order valence-electron chi connectivity index (χ0n) is 17.5. The fourth-order valence-corrected chi connectivity index (χ4v) is 3.46. The van der Waals surface area contributed by atoms with E-state index in [0.717, 1.165) is 34.3 Å². The molecule has 1 atom stereocenters. The maximum Gasteiger partial charge on any atom is 0.330 e. The second kappa shape index (κ2) is 10.6. The molecule has 0 amide bonds. The second-order valence-electron chi connectivity index (χ2n) is 7.45. The Morgan fingerprint density at radius 3 is 2.03 bits per heavy atom. The molecule has 3 aromatic rings. The smallest absolute Gasteiger partial charge is 0.330 e. The number of hydrogen-bond donors (Lipinski definition) is 0. The largest absolute Gasteiger partial charge is 0.467 e. The molecule has 148 valence electrons. The molecule has 0 unspecified atom stereocenters. The number of aliphatic imine (C=N–C) groups is 1. The Balaban J connectivity index is 1.99. The van der Waals surface area contributed by atoms with Gasteiger partial charge in [0.2, 0.25) is 0 Å². The molecule has 0 N–H and O–H groups in total. The number of carbonyl (C=O) groups is 1. The van der Waals surface area contributed by atoms with E-state index in [2.05, 4.69) is 12.1 Å². The van der Waals surface area contributed by atoms with E-state index in [9.17, 15) is 4.79 Å². The summed E-state index contributed by atoms with van der Waals surface area (Å²) >= 11 is 0. The second-order valence-corrected chi connectivity index (χ2v) is 7.45. The number of ether oxygens (including phenoxy) is 1. The molecule has 0 aliphatic heterocycles. The molecule has 2 radical (unpaired) electrons. The number of benzene rings is 3. The molecule has 3 rings (SSSR count). The number of methoxy groups -OCH3 is 1. The normalized spacial score (nSPS) is 11.4. The Kier molecular flexibility index (Phi) is 7.67. The van der Waals surface area contributed by atoms with Gasteiger partial charge in [0.15, 0.2) is 6.04 Å². The third-order valence-electron chi connectivity index (χ3n) is 4.83. The van der Waals surface area contributed by atoms with Crippen LogP contribution in [0.25, 0.3) is 0 Å². The Morgan fingerprint density at radius 1 is 0.933 bits per heavy atom. The van der Waals surface area contributed by atoms with Crippen LogP contribution in [0.3, 0.4) is 0 Å². The summed E-state index contributed by atoms with van der Waals surface area (Å²) in [6, 6.07) is 27.4. The summed E-state index contributed by atoms with van der Waals surface area (Å²) in [6.07, 6.45) is 1.25. The first-order chi connectivity index (χ1) is 14.6. The summed E-state index contributed by atoms with van der Waals surface area (Å²) < 4.78 is 5.09. The van der Waals surface area contributed by atoms with Crippen molar-refractivity contribution in [2.24, 2.45) is 4.99 Å². The topological polar surface area (TPSA) is 38.7 Å². The van der Waals surface area contributed by atoms with Gasteiger partial charge in [0.25, 0.3) is 0 Å². The summed E-state index contributed by atoms with van der Waals surface area (Å²) in [5.41, 5.74) is 4.89. The molecular weight excluding hydrogens is 368 g/mol. The van der Waals surface area contributed by atoms with E-state index in [0.29, 0.717) is 6.42 Å². The summed E-state index contributed by atoms with van der Waals surface area (Å²) in [5.74, 6) is -0.350. The Bertz CT molecular complexity index is 947. The van der Waals surface area contributed by atoms with Gasteiger partial charge in [0.05, 0.1) is 19.4 Å². The molecule has 0 saturated heterocycles. The monoisotopic (exact) mass is 393 g/mol. The quantitative estimate of drug-likeness (QED) is 0.327. The Morgan fingerprint density at radius 2 is 1.50 bits per heavy atom. The van der Waals surface area contributed by atoms with Crippen LogP contribution < -0.4 is 0 Å². The van der Waals surface area contributed by atoms with Gasteiger partial charge in [-0.2, -0.15) is 0 Å². The van der Waals surface area contributed by atoms with Crippen LogP contribution in [-0.4, -0.2) is 39.2 Å². The van der Waals surface area contributed by atoms with E-state index in [1.165, 1.54) is 7.11 Å². The van der Waals surface area contributed by atoms with E-state index in [1.54, 1.807) is 0 Å². The standard InChI is InChI=1S/C25H25B2NO2/c1-27(26)18-20-11-9-10-19(16-20)17-23(25(29)30-2)28-24(21-12-5-3-6-13-21)22-14-7-4-8-15-22/h3-16,23H,17-18H2,1-2H3/t23-/m0/s1. The molecule has 0 bridgehead atoms. The van der Waals surface area contributed by atoms with E-state index in [-0.39, 0.29) is 12.6 Å². The first-order valence-electron chi connectivity index (χ1n) is 10.2. The number of nitrogens with zero attached hydrogens (tertiary/aromatic N) is 1. The van der Waals surface area contributed by atoms with Gasteiger partial charge in [-0.1, -0.05) is 104 Å². The van der Waals surface area contributed by atoms with Crippen molar-refractivity contribution in [2.45, 2.75) is 25.6 Å². The van der Waals surface area contributed by atoms with Gasteiger partial charge in [-0.3, -0.25) is 4.99 Å². The fraction of sp³-hybridized carbons (Fsp3) is 0.200. The molecule has 0 fully saturated rings. The summed E-state index contributed by atoms with van der Waals surface area (Å²) in [4.78, 5) is 17.5. The highest BCUT2D eigenvalue weighted by Crippen LogP contribution is 2.16. The number of esters is 1. The highest BCUT2D eigenvalue weighted by molar-refractivity contribution is 7.02. The lowest BCUT2D eigenvalue weighted by Crippen LogP contribution is -2.25. The van der Waals surface area contributed by atoms with Crippen LogP contribution in [0.15, 0.2) is 89.9 Å². The lowest BCUT2D eigenvalue weighted by Gasteiger charge is -2.15. The summed E-state index contributed by atoms with van der Waals surface area (Å²) in [5, 5.41) is 0. The minimum atomic E-state index is -0.643. The lowest BCUT2D eigenvalue weighted by molar-refractivity contribution is -0.142. The fourth-order valence-electron chi connectivity index (χ4n) is 3.46. The molecule has 0 saturated carbocycles. The van der Waals surface area contributed by atoms with Gasteiger partial charge in [-0.05, 0) is 5.56 Å². The molecule has 3 aromatic carbocycles. The van der Waals surface area contributed by atoms with Crippen LogP contribution in [0.2, 0.25) is 6.82 Å². The molecule has 0 aromatic heterocycles. The zero-order chi connectivity index (χ0) is 21.3. The van der Waals surface area contributed by atoms with Gasteiger partial charge >= 0.3 is 5.97 Å². The van der Waals surface area contributed by atoms with Crippen molar-refractivity contribution in [1.82, 2.24) is 0 Å². The van der Waals surface area contributed by atoms with E-state index in [4.69, 9.17) is 17.5 Å². The highest BCUT2D eigenvalue weighted by atomic mass is 16.5. The molecule has 0 aliphatic rings. The average Bonchev–Trinajstić information content (AvgIpc) is 2.77. The Hall–Kier alpha value is -3.07. The van der Waals surface area contributed by atoms with Crippen LogP contribution in [0, 0.1) is 0 Å². The average molecular weight is 393 g/mol. The van der Waals surface area contributed by atoms with Crippen LogP contribution >= 0.6 is 0 Å². The van der Waals surface area contributed by atoms with E-state index in [1.807, 2.05) is 79.6 Å². The van der Waals surface area contributed by atoms with Crippen molar-refractivity contribution in [1.29, 1.82) is 0 Å². The highest BCUT2D eigenvalue weighted by Gasteiger charge is 2.21. The van der Waals surface area contributed by atoms with Gasteiger partial charge in [0.1, 0.15) is 0 Å². The molecule has 0 heterocycles. The van der Waals surface area contributed by atoms with Crippen LogP contribution in [-0.2, 0) is 22.3 Å². The third kappa shape index (κ3) is 5.96. The SMILES string of the molecule is [B]B(C)Cc1cccc(C[C@H](N=C(c2ccccc2)c2ccccc2)C(=O)OC)c1. The first-order valence-corrected chi connectivity index (χ1v) is 10.2. The van der Waals surface area contributed by atoms with Crippen molar-refractivity contribution in [2.75, 3.05) is 7.11 Å². The number of rotatable bonds is 8. The maximum absolute atomic E-state index is 12.6. The minimum Gasteiger partial charge on any atom is -0.467 e. The molecule has 3 nitrogen and oxygen atoms in total. The molecule has 5 heteroatoms. The molecule has 30 heavy (non-hydrogen) atoms. The maximum atomic E-state index is 12.6. The van der Waals surface area contributed by atoms with Crippen molar-refractivity contribution < 1.29 is 9.53 Å². The molecule has 0 spiro atoms. The van der Waals surface area contributed by atoms with E-state index >= 15 is 0 Å². The van der Waals surface area contributed by atoms with Gasteiger partial charge in [-0.25, -0.2) is 4.79 Å². The van der Waals surface area contributed by atoms with Crippen LogP contribution in [0.4, 0.5) is 0 Å². The first kappa shape index (κ1) is 21.6. The molecule has 0 aliphatic carbocycles. The van der Waals surface area contributed by atoms with Crippen molar-refractivity contribution in [3.05, 3.63) is 107 Å². The van der Waals surface area contributed by atoms with Crippen molar-refractivity contribution >= 4 is 26.0 Å². The predicted molar refractivity (Wildman–Crippen MR) is 126 cm³/mol. The van der Waals surface area contributed by atoms with Gasteiger partial charge in [0, 0.05) is 25.3 Å². The van der Waals surface area contributed by atoms with Crippen molar-refractivity contribution in [3.8, 4) is 0 Å². The Labute approximate surface area is 180 Å². The van der Waals surface area contributed by atoms with Gasteiger partial charge in [-0.15, -0.1) is 0 Å². The van der Waals surface area contributed by atoms with E-state index < -0.39 is 6.04 Å². The summed E-state index contributed by atoms with van der Waals surface area (Å²) in [6.45, 7) is 2.07. The molecular formula is C25H25B2NO2. The zero-order valence-corrected chi connectivity index (χ0v) is 17.5. The van der Waals surface area contributed by atoms with Crippen LogP contribution in [0.1, 0.15) is 22.3 Å². The predicted octanol–water partition coefficient (Wildman–Crippen LogP) is 4.18. The summed E-state index contributed by atoms with van der Waals surface area (Å²) in [7, 11) is 7.35. The van der Waals surface area contributed by atoms with Gasteiger partial charge < -0.3 is 4.74 Å².